The second-order valence-electron chi connectivity index (χ2n) is 3.21. The van der Waals surface area contributed by atoms with Gasteiger partial charge < -0.3 is 5.21 Å². The van der Waals surface area contributed by atoms with Gasteiger partial charge in [0.15, 0.2) is 0 Å². The highest BCUT2D eigenvalue weighted by Crippen LogP contribution is 2.26. The molecule has 1 saturated carbocycles. The van der Waals surface area contributed by atoms with Crippen LogP contribution in [0, 0.1) is 5.92 Å². The van der Waals surface area contributed by atoms with Crippen LogP contribution in [0.4, 0.5) is 0 Å². The van der Waals surface area contributed by atoms with Gasteiger partial charge >= 0.3 is 0 Å². The van der Waals surface area contributed by atoms with Crippen LogP contribution in [0.2, 0.25) is 0 Å². The van der Waals surface area contributed by atoms with E-state index >= 15 is 0 Å². The summed E-state index contributed by atoms with van der Waals surface area (Å²) in [5.74, 6) is 0.420. The Balaban J connectivity index is 2.47. The molecule has 2 nitrogen and oxygen atoms in total. The minimum Gasteiger partial charge on any atom is -0.411 e. The highest BCUT2D eigenvalue weighted by atomic mass is 35.5. The fraction of sp³-hybridized carbons (Fsp3) is 0.667. The Labute approximate surface area is 77.9 Å². The van der Waals surface area contributed by atoms with E-state index in [1.165, 1.54) is 0 Å². The Morgan fingerprint density at radius 1 is 1.83 bits per heavy atom. The van der Waals surface area contributed by atoms with Crippen LogP contribution < -0.4 is 0 Å². The number of hydrogen-bond acceptors (Lipinski definition) is 2. The summed E-state index contributed by atoms with van der Waals surface area (Å²) in [5.41, 5.74) is 0.934. The van der Waals surface area contributed by atoms with Crippen LogP contribution in [-0.2, 0) is 0 Å². The fourth-order valence-electron chi connectivity index (χ4n) is 1.59. The third kappa shape index (κ3) is 2.52. The van der Waals surface area contributed by atoms with Crippen LogP contribution in [0.3, 0.4) is 0 Å². The summed E-state index contributed by atoms with van der Waals surface area (Å²) in [7, 11) is 0. The third-order valence-corrected chi connectivity index (χ3v) is 2.42. The predicted molar refractivity (Wildman–Crippen MR) is 50.8 cm³/mol. The van der Waals surface area contributed by atoms with Crippen molar-refractivity contribution in [1.29, 1.82) is 0 Å². The van der Waals surface area contributed by atoms with Crippen LogP contribution in [0.25, 0.3) is 0 Å². The maximum Gasteiger partial charge on any atom is 0.0604 e. The summed E-state index contributed by atoms with van der Waals surface area (Å²) in [4.78, 5) is 0. The van der Waals surface area contributed by atoms with Crippen molar-refractivity contribution in [3.05, 3.63) is 11.1 Å². The Morgan fingerprint density at radius 3 is 3.17 bits per heavy atom. The minimum atomic E-state index is 0.420. The molecule has 3 heteroatoms. The number of oxime groups is 1. The average molecular weight is 188 g/mol. The van der Waals surface area contributed by atoms with E-state index in [9.17, 15) is 0 Å². The molecule has 12 heavy (non-hydrogen) atoms. The van der Waals surface area contributed by atoms with Crippen molar-refractivity contribution < 1.29 is 5.21 Å². The number of hydrogen-bond donors (Lipinski definition) is 1. The molecule has 0 spiro atoms. The molecule has 0 amide bonds. The monoisotopic (exact) mass is 187 g/mol. The fourth-order valence-corrected chi connectivity index (χ4v) is 1.68. The molecule has 0 aromatic heterocycles. The lowest BCUT2D eigenvalue weighted by Crippen LogP contribution is -2.05. The average Bonchev–Trinajstić information content (AvgIpc) is 2.47. The molecule has 1 rings (SSSR count). The van der Waals surface area contributed by atoms with E-state index in [2.05, 4.69) is 5.16 Å². The first-order chi connectivity index (χ1) is 5.74. The van der Waals surface area contributed by atoms with Gasteiger partial charge in [-0.05, 0) is 32.6 Å². The molecule has 1 aliphatic carbocycles. The van der Waals surface area contributed by atoms with E-state index in [-0.39, 0.29) is 0 Å². The van der Waals surface area contributed by atoms with E-state index in [4.69, 9.17) is 16.8 Å². The van der Waals surface area contributed by atoms with Gasteiger partial charge in [0, 0.05) is 11.0 Å². The Morgan fingerprint density at radius 2 is 2.58 bits per heavy atom. The number of halogens is 1. The van der Waals surface area contributed by atoms with Crippen LogP contribution in [0.1, 0.15) is 32.6 Å². The Kier molecular flexibility index (Phi) is 3.60. The second-order valence-corrected chi connectivity index (χ2v) is 3.80. The zero-order valence-electron chi connectivity index (χ0n) is 7.26. The molecule has 0 aromatic carbocycles. The van der Waals surface area contributed by atoms with Crippen molar-refractivity contribution in [3.8, 4) is 0 Å². The first-order valence-electron chi connectivity index (χ1n) is 4.27. The van der Waals surface area contributed by atoms with Gasteiger partial charge in [0.25, 0.3) is 0 Å². The van der Waals surface area contributed by atoms with Crippen LogP contribution in [-0.4, -0.2) is 10.9 Å². The molecule has 0 saturated heterocycles. The van der Waals surface area contributed by atoms with E-state index < -0.39 is 0 Å². The van der Waals surface area contributed by atoms with Gasteiger partial charge in [-0.25, -0.2) is 0 Å². The maximum atomic E-state index is 8.64. The van der Waals surface area contributed by atoms with Crippen LogP contribution >= 0.6 is 11.6 Å². The summed E-state index contributed by atoms with van der Waals surface area (Å²) >= 11 is 5.71. The SMILES string of the molecule is C/C(Cl)=C\CC1CCC/C1=N/O. The summed E-state index contributed by atoms with van der Waals surface area (Å²) in [5, 5.41) is 12.7. The molecule has 68 valence electrons. The first-order valence-corrected chi connectivity index (χ1v) is 4.65. The molecule has 0 radical (unpaired) electrons. The van der Waals surface area contributed by atoms with Gasteiger partial charge in [-0.3, -0.25) is 0 Å². The molecular weight excluding hydrogens is 174 g/mol. The lowest BCUT2D eigenvalue weighted by molar-refractivity contribution is 0.315. The van der Waals surface area contributed by atoms with Crippen molar-refractivity contribution in [2.75, 3.05) is 0 Å². The second kappa shape index (κ2) is 4.51. The largest absolute Gasteiger partial charge is 0.411 e. The minimum absolute atomic E-state index is 0.420. The maximum absolute atomic E-state index is 8.64. The zero-order chi connectivity index (χ0) is 8.97. The van der Waals surface area contributed by atoms with E-state index in [1.54, 1.807) is 0 Å². The van der Waals surface area contributed by atoms with Crippen molar-refractivity contribution in [2.45, 2.75) is 32.6 Å². The summed E-state index contributed by atoms with van der Waals surface area (Å²) in [6.45, 7) is 1.87. The number of rotatable bonds is 2. The lowest BCUT2D eigenvalue weighted by Gasteiger charge is -2.05. The van der Waals surface area contributed by atoms with Crippen molar-refractivity contribution in [2.24, 2.45) is 11.1 Å². The predicted octanol–water partition coefficient (Wildman–Crippen LogP) is 3.15. The highest BCUT2D eigenvalue weighted by molar-refractivity contribution is 6.29. The first kappa shape index (κ1) is 9.59. The standard InChI is InChI=1S/C9H14ClNO/c1-7(10)5-6-8-3-2-4-9(8)11-12/h5,8,12H,2-4,6H2,1H3/b7-5+,11-9-. The highest BCUT2D eigenvalue weighted by Gasteiger charge is 2.21. The van der Waals surface area contributed by atoms with Gasteiger partial charge in [0.2, 0.25) is 0 Å². The van der Waals surface area contributed by atoms with Gasteiger partial charge in [-0.1, -0.05) is 22.8 Å². The molecule has 1 atom stereocenters. The molecule has 1 unspecified atom stereocenters. The smallest absolute Gasteiger partial charge is 0.0604 e. The van der Waals surface area contributed by atoms with E-state index in [0.717, 1.165) is 36.4 Å². The van der Waals surface area contributed by atoms with Crippen molar-refractivity contribution >= 4 is 17.3 Å². The van der Waals surface area contributed by atoms with E-state index in [1.807, 2.05) is 13.0 Å². The molecule has 1 N–H and O–H groups in total. The molecule has 0 aliphatic heterocycles. The molecule has 0 bridgehead atoms. The summed E-state index contributed by atoms with van der Waals surface area (Å²) in [6, 6.07) is 0. The number of nitrogens with zero attached hydrogens (tertiary/aromatic N) is 1. The van der Waals surface area contributed by atoms with Crippen LogP contribution in [0.5, 0.6) is 0 Å². The van der Waals surface area contributed by atoms with Gasteiger partial charge in [0.1, 0.15) is 0 Å². The van der Waals surface area contributed by atoms with Crippen LogP contribution in [0.15, 0.2) is 16.3 Å². The van der Waals surface area contributed by atoms with E-state index in [0.29, 0.717) is 5.92 Å². The summed E-state index contributed by atoms with van der Waals surface area (Å²) in [6.07, 6.45) is 6.10. The summed E-state index contributed by atoms with van der Waals surface area (Å²) < 4.78 is 0. The molecule has 1 aliphatic rings. The number of allylic oxidation sites excluding steroid dienone is 2. The Bertz CT molecular complexity index is 207. The van der Waals surface area contributed by atoms with Crippen molar-refractivity contribution in [1.82, 2.24) is 0 Å². The topological polar surface area (TPSA) is 32.6 Å². The normalized spacial score (nSPS) is 28.3. The third-order valence-electron chi connectivity index (χ3n) is 2.27. The lowest BCUT2D eigenvalue weighted by atomic mass is 10.0. The van der Waals surface area contributed by atoms with Gasteiger partial charge in [-0.2, -0.15) is 0 Å². The van der Waals surface area contributed by atoms with Crippen molar-refractivity contribution in [3.63, 3.8) is 0 Å². The molecule has 0 aromatic rings. The zero-order valence-corrected chi connectivity index (χ0v) is 8.01. The van der Waals surface area contributed by atoms with Gasteiger partial charge in [-0.15, -0.1) is 0 Å². The van der Waals surface area contributed by atoms with Gasteiger partial charge in [0.05, 0.1) is 5.71 Å². The molecular formula is C9H14ClNO. The quantitative estimate of drug-likeness (QED) is 0.523. The molecule has 0 heterocycles. The molecule has 1 fully saturated rings. The Hall–Kier alpha value is -0.500.